The third-order valence-corrected chi connectivity index (χ3v) is 3.00. The van der Waals surface area contributed by atoms with Crippen molar-refractivity contribution in [1.82, 2.24) is 9.88 Å². The SMILES string of the molecule is c1ccc(CN2Cc3cccnc3C2)cc1. The molecule has 0 saturated carbocycles. The van der Waals surface area contributed by atoms with E-state index in [0.717, 1.165) is 19.6 Å². The first-order valence-corrected chi connectivity index (χ1v) is 5.61. The second kappa shape index (κ2) is 4.06. The van der Waals surface area contributed by atoms with Crippen molar-refractivity contribution in [1.29, 1.82) is 0 Å². The molecule has 1 aromatic heterocycles. The van der Waals surface area contributed by atoms with Crippen molar-refractivity contribution < 1.29 is 0 Å². The van der Waals surface area contributed by atoms with Crippen LogP contribution in [0.2, 0.25) is 0 Å². The van der Waals surface area contributed by atoms with Crippen LogP contribution in [0.4, 0.5) is 0 Å². The number of hydrogen-bond donors (Lipinski definition) is 0. The van der Waals surface area contributed by atoms with Gasteiger partial charge in [-0.15, -0.1) is 0 Å². The molecule has 0 atom stereocenters. The van der Waals surface area contributed by atoms with Crippen molar-refractivity contribution in [3.8, 4) is 0 Å². The monoisotopic (exact) mass is 210 g/mol. The predicted octanol–water partition coefficient (Wildman–Crippen LogP) is 2.60. The third-order valence-electron chi connectivity index (χ3n) is 3.00. The van der Waals surface area contributed by atoms with Gasteiger partial charge in [-0.2, -0.15) is 0 Å². The second-order valence-electron chi connectivity index (χ2n) is 4.24. The van der Waals surface area contributed by atoms with Crippen molar-refractivity contribution in [3.63, 3.8) is 0 Å². The zero-order valence-corrected chi connectivity index (χ0v) is 9.13. The average Bonchev–Trinajstić information content (AvgIpc) is 2.72. The Balaban J connectivity index is 1.73. The molecule has 16 heavy (non-hydrogen) atoms. The Labute approximate surface area is 95.6 Å². The smallest absolute Gasteiger partial charge is 0.0589 e. The molecule has 0 bridgehead atoms. The minimum Gasteiger partial charge on any atom is -0.289 e. The maximum atomic E-state index is 4.41. The second-order valence-corrected chi connectivity index (χ2v) is 4.24. The molecular weight excluding hydrogens is 196 g/mol. The standard InChI is InChI=1S/C14H14N2/c1-2-5-12(6-3-1)9-16-10-13-7-4-8-15-14(13)11-16/h1-8H,9-11H2. The van der Waals surface area contributed by atoms with Crippen LogP contribution in [-0.2, 0) is 19.6 Å². The van der Waals surface area contributed by atoms with E-state index in [1.54, 1.807) is 0 Å². The normalized spacial score (nSPS) is 15.0. The van der Waals surface area contributed by atoms with Crippen LogP contribution in [0, 0.1) is 0 Å². The summed E-state index contributed by atoms with van der Waals surface area (Å²) in [5.74, 6) is 0. The molecule has 80 valence electrons. The van der Waals surface area contributed by atoms with Crippen LogP contribution in [0.5, 0.6) is 0 Å². The van der Waals surface area contributed by atoms with Crippen LogP contribution in [-0.4, -0.2) is 9.88 Å². The highest BCUT2D eigenvalue weighted by atomic mass is 15.1. The van der Waals surface area contributed by atoms with E-state index >= 15 is 0 Å². The summed E-state index contributed by atoms with van der Waals surface area (Å²) in [7, 11) is 0. The zero-order valence-electron chi connectivity index (χ0n) is 9.13. The molecular formula is C14H14N2. The lowest BCUT2D eigenvalue weighted by Crippen LogP contribution is -2.15. The van der Waals surface area contributed by atoms with E-state index in [-0.39, 0.29) is 0 Å². The number of benzene rings is 1. The molecule has 1 aliphatic heterocycles. The van der Waals surface area contributed by atoms with E-state index < -0.39 is 0 Å². The molecule has 0 saturated heterocycles. The number of aromatic nitrogens is 1. The lowest BCUT2D eigenvalue weighted by atomic mass is 10.2. The lowest BCUT2D eigenvalue weighted by molar-refractivity contribution is 0.274. The molecule has 1 aromatic carbocycles. The van der Waals surface area contributed by atoms with E-state index in [9.17, 15) is 0 Å². The van der Waals surface area contributed by atoms with Crippen LogP contribution < -0.4 is 0 Å². The fourth-order valence-corrected chi connectivity index (χ4v) is 2.22. The summed E-state index contributed by atoms with van der Waals surface area (Å²) in [6.45, 7) is 3.01. The minimum absolute atomic E-state index is 0.977. The summed E-state index contributed by atoms with van der Waals surface area (Å²) in [5, 5.41) is 0. The summed E-state index contributed by atoms with van der Waals surface area (Å²) in [6, 6.07) is 14.8. The summed E-state index contributed by atoms with van der Waals surface area (Å²) in [5.41, 5.74) is 3.98. The highest BCUT2D eigenvalue weighted by Gasteiger charge is 2.18. The predicted molar refractivity (Wildman–Crippen MR) is 63.6 cm³/mol. The van der Waals surface area contributed by atoms with Gasteiger partial charge in [0.05, 0.1) is 5.69 Å². The number of pyridine rings is 1. The molecule has 0 aliphatic carbocycles. The first-order valence-electron chi connectivity index (χ1n) is 5.61. The Hall–Kier alpha value is -1.67. The van der Waals surface area contributed by atoms with Crippen LogP contribution in [0.1, 0.15) is 16.8 Å². The largest absolute Gasteiger partial charge is 0.289 e. The van der Waals surface area contributed by atoms with Gasteiger partial charge in [-0.3, -0.25) is 9.88 Å². The Morgan fingerprint density at radius 2 is 1.88 bits per heavy atom. The van der Waals surface area contributed by atoms with Crippen LogP contribution >= 0.6 is 0 Å². The molecule has 2 heterocycles. The summed E-state index contributed by atoms with van der Waals surface area (Å²) < 4.78 is 0. The van der Waals surface area contributed by atoms with Gasteiger partial charge in [0, 0.05) is 25.8 Å². The molecule has 0 fully saturated rings. The van der Waals surface area contributed by atoms with Gasteiger partial charge in [0.2, 0.25) is 0 Å². The maximum absolute atomic E-state index is 4.41. The van der Waals surface area contributed by atoms with Gasteiger partial charge < -0.3 is 0 Å². The maximum Gasteiger partial charge on any atom is 0.0589 e. The molecule has 0 radical (unpaired) electrons. The van der Waals surface area contributed by atoms with Crippen molar-refractivity contribution >= 4 is 0 Å². The summed E-state index contributed by atoms with van der Waals surface area (Å²) >= 11 is 0. The molecule has 0 N–H and O–H groups in total. The number of hydrogen-bond acceptors (Lipinski definition) is 2. The van der Waals surface area contributed by atoms with Crippen molar-refractivity contribution in [2.45, 2.75) is 19.6 Å². The van der Waals surface area contributed by atoms with Crippen molar-refractivity contribution in [2.24, 2.45) is 0 Å². The average molecular weight is 210 g/mol. The van der Waals surface area contributed by atoms with Gasteiger partial charge in [0.15, 0.2) is 0 Å². The van der Waals surface area contributed by atoms with Gasteiger partial charge in [-0.05, 0) is 17.2 Å². The number of rotatable bonds is 2. The Morgan fingerprint density at radius 3 is 2.69 bits per heavy atom. The highest BCUT2D eigenvalue weighted by molar-refractivity contribution is 5.24. The quantitative estimate of drug-likeness (QED) is 0.757. The molecule has 0 amide bonds. The fraction of sp³-hybridized carbons (Fsp3) is 0.214. The van der Waals surface area contributed by atoms with Gasteiger partial charge in [-0.25, -0.2) is 0 Å². The fourth-order valence-electron chi connectivity index (χ4n) is 2.22. The first-order chi connectivity index (χ1) is 7.92. The van der Waals surface area contributed by atoms with Gasteiger partial charge in [-0.1, -0.05) is 36.4 Å². The van der Waals surface area contributed by atoms with Crippen LogP contribution in [0.25, 0.3) is 0 Å². The van der Waals surface area contributed by atoms with E-state index in [2.05, 4.69) is 46.3 Å². The van der Waals surface area contributed by atoms with Crippen LogP contribution in [0.3, 0.4) is 0 Å². The third kappa shape index (κ3) is 1.84. The highest BCUT2D eigenvalue weighted by Crippen LogP contribution is 2.21. The van der Waals surface area contributed by atoms with E-state index in [0.29, 0.717) is 0 Å². The Kier molecular flexibility index (Phi) is 2.43. The molecule has 1 aliphatic rings. The van der Waals surface area contributed by atoms with Crippen LogP contribution in [0.15, 0.2) is 48.7 Å². The summed E-state index contributed by atoms with van der Waals surface area (Å²) in [4.78, 5) is 6.83. The molecule has 0 spiro atoms. The topological polar surface area (TPSA) is 16.1 Å². The van der Waals surface area contributed by atoms with Crippen molar-refractivity contribution in [2.75, 3.05) is 0 Å². The van der Waals surface area contributed by atoms with Gasteiger partial charge >= 0.3 is 0 Å². The lowest BCUT2D eigenvalue weighted by Gasteiger charge is -2.14. The molecule has 2 heteroatoms. The zero-order chi connectivity index (χ0) is 10.8. The first kappa shape index (κ1) is 9.55. The van der Waals surface area contributed by atoms with Gasteiger partial charge in [0.25, 0.3) is 0 Å². The van der Waals surface area contributed by atoms with Crippen molar-refractivity contribution in [3.05, 3.63) is 65.5 Å². The van der Waals surface area contributed by atoms with E-state index in [1.165, 1.54) is 16.8 Å². The summed E-state index contributed by atoms with van der Waals surface area (Å²) in [6.07, 6.45) is 1.88. The Bertz CT molecular complexity index is 454. The molecule has 0 unspecified atom stereocenters. The van der Waals surface area contributed by atoms with E-state index in [4.69, 9.17) is 0 Å². The van der Waals surface area contributed by atoms with E-state index in [1.807, 2.05) is 12.3 Å². The number of fused-ring (bicyclic) bond motifs is 1. The number of nitrogens with zero attached hydrogens (tertiary/aromatic N) is 2. The van der Waals surface area contributed by atoms with Gasteiger partial charge in [0.1, 0.15) is 0 Å². The molecule has 2 nitrogen and oxygen atoms in total. The minimum atomic E-state index is 0.977. The Morgan fingerprint density at radius 1 is 1.00 bits per heavy atom. The molecule has 3 rings (SSSR count). The molecule has 2 aromatic rings.